The summed E-state index contributed by atoms with van der Waals surface area (Å²) < 4.78 is 26.1. The summed E-state index contributed by atoms with van der Waals surface area (Å²) in [6.45, 7) is 0.0526. The molecule has 0 radical (unpaired) electrons. The van der Waals surface area contributed by atoms with Gasteiger partial charge in [-0.05, 0) is 24.3 Å². The van der Waals surface area contributed by atoms with Crippen molar-refractivity contribution in [3.63, 3.8) is 0 Å². The van der Waals surface area contributed by atoms with E-state index in [1.165, 1.54) is 44.6 Å². The zero-order valence-corrected chi connectivity index (χ0v) is 17.0. The Bertz CT molecular complexity index is 896. The van der Waals surface area contributed by atoms with Gasteiger partial charge in [0.1, 0.15) is 5.76 Å². The predicted molar refractivity (Wildman–Crippen MR) is 104 cm³/mol. The lowest BCUT2D eigenvalue weighted by Gasteiger charge is -2.15. The number of hydrogen-bond donors (Lipinski definition) is 0. The number of rotatable bonds is 9. The minimum absolute atomic E-state index is 0.0396. The maximum Gasteiger partial charge on any atom is 0.311 e. The third kappa shape index (κ3) is 4.56. The summed E-state index contributed by atoms with van der Waals surface area (Å²) in [6.07, 6.45) is 1.56. The molecule has 160 valence electrons. The van der Waals surface area contributed by atoms with Crippen molar-refractivity contribution in [2.45, 2.75) is 13.0 Å². The third-order valence-electron chi connectivity index (χ3n) is 4.81. The Labute approximate surface area is 173 Å². The quantitative estimate of drug-likeness (QED) is 0.451. The van der Waals surface area contributed by atoms with Gasteiger partial charge in [-0.25, -0.2) is 0 Å². The Morgan fingerprint density at radius 2 is 1.83 bits per heavy atom. The fraction of sp³-hybridized carbons (Fsp3) is 0.381. The predicted octanol–water partition coefficient (Wildman–Crippen LogP) is 2.08. The molecule has 0 bridgehead atoms. The fourth-order valence-electron chi connectivity index (χ4n) is 3.25. The second-order valence-corrected chi connectivity index (χ2v) is 6.70. The molecule has 1 aromatic heterocycles. The van der Waals surface area contributed by atoms with E-state index in [1.807, 2.05) is 0 Å². The first kappa shape index (κ1) is 21.2. The SMILES string of the molecule is COc1cc(C(=O)COC(=O)C2CC(=O)N(Cc3ccco3)C2)cc(OC)c1OC. The van der Waals surface area contributed by atoms with Crippen LogP contribution in [0.3, 0.4) is 0 Å². The molecule has 0 N–H and O–H groups in total. The van der Waals surface area contributed by atoms with Gasteiger partial charge >= 0.3 is 5.97 Å². The topological polar surface area (TPSA) is 105 Å². The van der Waals surface area contributed by atoms with E-state index in [4.69, 9.17) is 23.4 Å². The summed E-state index contributed by atoms with van der Waals surface area (Å²) >= 11 is 0. The molecule has 30 heavy (non-hydrogen) atoms. The zero-order valence-electron chi connectivity index (χ0n) is 17.0. The van der Waals surface area contributed by atoms with Gasteiger partial charge < -0.3 is 28.3 Å². The molecule has 2 aromatic rings. The largest absolute Gasteiger partial charge is 0.493 e. The summed E-state index contributed by atoms with van der Waals surface area (Å²) in [4.78, 5) is 38.6. The summed E-state index contributed by atoms with van der Waals surface area (Å²) in [7, 11) is 4.34. The highest BCUT2D eigenvalue weighted by Gasteiger charge is 2.36. The van der Waals surface area contributed by atoms with Crippen LogP contribution in [0.5, 0.6) is 17.2 Å². The van der Waals surface area contributed by atoms with Crippen LogP contribution in [0.25, 0.3) is 0 Å². The van der Waals surface area contributed by atoms with E-state index < -0.39 is 24.3 Å². The maximum absolute atomic E-state index is 12.5. The first-order valence-corrected chi connectivity index (χ1v) is 9.26. The van der Waals surface area contributed by atoms with Gasteiger partial charge in [0, 0.05) is 18.5 Å². The lowest BCUT2D eigenvalue weighted by molar-refractivity contribution is -0.147. The molecule has 1 saturated heterocycles. The van der Waals surface area contributed by atoms with Gasteiger partial charge in [0.25, 0.3) is 0 Å². The van der Waals surface area contributed by atoms with E-state index in [2.05, 4.69) is 0 Å². The molecule has 9 nitrogen and oxygen atoms in total. The number of Topliss-reactive ketones (excluding diaryl/α,β-unsaturated/α-hetero) is 1. The van der Waals surface area contributed by atoms with Crippen molar-refractivity contribution in [2.75, 3.05) is 34.5 Å². The van der Waals surface area contributed by atoms with Crippen LogP contribution in [-0.4, -0.2) is 57.0 Å². The molecule has 3 rings (SSSR count). The van der Waals surface area contributed by atoms with Gasteiger partial charge in [-0.3, -0.25) is 14.4 Å². The third-order valence-corrected chi connectivity index (χ3v) is 4.81. The van der Waals surface area contributed by atoms with Crippen molar-refractivity contribution < 1.29 is 37.7 Å². The maximum atomic E-state index is 12.5. The van der Waals surface area contributed by atoms with E-state index in [0.29, 0.717) is 29.6 Å². The Morgan fingerprint density at radius 1 is 1.13 bits per heavy atom. The Hall–Kier alpha value is -3.49. The number of hydrogen-bond acceptors (Lipinski definition) is 8. The number of carbonyl (C=O) groups is 3. The summed E-state index contributed by atoms with van der Waals surface area (Å²) in [5.74, 6) is -0.178. The van der Waals surface area contributed by atoms with E-state index in [0.717, 1.165) is 0 Å². The standard InChI is InChI=1S/C21H23NO8/c1-26-17-7-13(8-18(27-2)20(17)28-3)16(23)12-30-21(25)14-9-19(24)22(10-14)11-15-5-4-6-29-15/h4-8,14H,9-12H2,1-3H3. The van der Waals surface area contributed by atoms with Crippen molar-refractivity contribution in [1.29, 1.82) is 0 Å². The van der Waals surface area contributed by atoms with Crippen molar-refractivity contribution in [3.8, 4) is 17.2 Å². The van der Waals surface area contributed by atoms with Crippen LogP contribution in [0.1, 0.15) is 22.5 Å². The number of likely N-dealkylation sites (tertiary alicyclic amines) is 1. The minimum atomic E-state index is -0.625. The number of nitrogens with zero attached hydrogens (tertiary/aromatic N) is 1. The number of carbonyl (C=O) groups excluding carboxylic acids is 3. The molecular weight excluding hydrogens is 394 g/mol. The molecule has 1 atom stereocenters. The van der Waals surface area contributed by atoms with Gasteiger partial charge in [-0.1, -0.05) is 0 Å². The zero-order chi connectivity index (χ0) is 21.7. The number of amides is 1. The molecule has 1 unspecified atom stereocenters. The van der Waals surface area contributed by atoms with Crippen LogP contribution < -0.4 is 14.2 Å². The second kappa shape index (κ2) is 9.34. The Balaban J connectivity index is 1.59. The number of methoxy groups -OCH3 is 3. The van der Waals surface area contributed by atoms with Crippen molar-refractivity contribution in [1.82, 2.24) is 4.90 Å². The van der Waals surface area contributed by atoms with Crippen LogP contribution in [0.15, 0.2) is 34.9 Å². The molecule has 9 heteroatoms. The molecule has 1 aromatic carbocycles. The number of ketones is 1. The number of ether oxygens (including phenoxy) is 4. The summed E-state index contributed by atoms with van der Waals surface area (Å²) in [5, 5.41) is 0. The van der Waals surface area contributed by atoms with Crippen molar-refractivity contribution in [2.24, 2.45) is 5.92 Å². The Kier molecular flexibility index (Phi) is 6.61. The second-order valence-electron chi connectivity index (χ2n) is 6.70. The molecule has 1 aliphatic heterocycles. The average Bonchev–Trinajstić information content (AvgIpc) is 3.40. The van der Waals surface area contributed by atoms with Gasteiger partial charge in [-0.2, -0.15) is 0 Å². The summed E-state index contributed by atoms with van der Waals surface area (Å²) in [5.41, 5.74) is 0.249. The molecule has 0 spiro atoms. The van der Waals surface area contributed by atoms with Gasteiger partial charge in [0.05, 0.1) is 40.1 Å². The van der Waals surface area contributed by atoms with E-state index in [1.54, 1.807) is 12.1 Å². The lowest BCUT2D eigenvalue weighted by atomic mass is 10.1. The molecule has 1 aliphatic rings. The minimum Gasteiger partial charge on any atom is -0.493 e. The smallest absolute Gasteiger partial charge is 0.311 e. The van der Waals surface area contributed by atoms with Crippen LogP contribution in [-0.2, 0) is 20.9 Å². The van der Waals surface area contributed by atoms with Gasteiger partial charge in [0.15, 0.2) is 18.1 Å². The van der Waals surface area contributed by atoms with E-state index in [-0.39, 0.29) is 24.4 Å². The van der Waals surface area contributed by atoms with Crippen LogP contribution in [0.4, 0.5) is 0 Å². The summed E-state index contributed by atoms with van der Waals surface area (Å²) in [6, 6.07) is 6.47. The first-order chi connectivity index (χ1) is 14.5. The fourth-order valence-corrected chi connectivity index (χ4v) is 3.25. The van der Waals surface area contributed by atoms with Gasteiger partial charge in [0.2, 0.25) is 17.4 Å². The van der Waals surface area contributed by atoms with Crippen molar-refractivity contribution in [3.05, 3.63) is 41.9 Å². The molecule has 0 saturated carbocycles. The lowest BCUT2D eigenvalue weighted by Crippen LogP contribution is -2.27. The van der Waals surface area contributed by atoms with E-state index >= 15 is 0 Å². The molecule has 0 aliphatic carbocycles. The highest BCUT2D eigenvalue weighted by atomic mass is 16.5. The van der Waals surface area contributed by atoms with E-state index in [9.17, 15) is 14.4 Å². The molecule has 1 fully saturated rings. The molecule has 1 amide bonds. The highest BCUT2D eigenvalue weighted by molar-refractivity contribution is 5.99. The molecule has 2 heterocycles. The monoisotopic (exact) mass is 417 g/mol. The van der Waals surface area contributed by atoms with Crippen LogP contribution in [0, 0.1) is 5.92 Å². The molecular formula is C21H23NO8. The van der Waals surface area contributed by atoms with Crippen LogP contribution >= 0.6 is 0 Å². The number of furan rings is 1. The number of benzene rings is 1. The first-order valence-electron chi connectivity index (χ1n) is 9.26. The highest BCUT2D eigenvalue weighted by Crippen LogP contribution is 2.38. The van der Waals surface area contributed by atoms with Crippen LogP contribution in [0.2, 0.25) is 0 Å². The Morgan fingerprint density at radius 3 is 2.40 bits per heavy atom. The average molecular weight is 417 g/mol. The van der Waals surface area contributed by atoms with Gasteiger partial charge in [-0.15, -0.1) is 0 Å². The van der Waals surface area contributed by atoms with Crippen molar-refractivity contribution >= 4 is 17.7 Å². The number of esters is 1. The normalized spacial score (nSPS) is 15.8.